The summed E-state index contributed by atoms with van der Waals surface area (Å²) in [5.74, 6) is 0.367. The molecule has 6 nitrogen and oxygen atoms in total. The van der Waals surface area contributed by atoms with Crippen LogP contribution >= 0.6 is 0 Å². The SMILES string of the molecule is O=C(N=[N+]=Nc1ccc(-c2nc3ccccc3[nH]2)cc1)c1ccccc1. The average Bonchev–Trinajstić information content (AvgIpc) is 3.13. The molecular weight excluding hydrogens is 326 g/mol. The number of rotatable bonds is 3. The average molecular weight is 340 g/mol. The number of fused-ring (bicyclic) bond motifs is 1. The van der Waals surface area contributed by atoms with E-state index in [0.29, 0.717) is 11.3 Å². The molecule has 4 rings (SSSR count). The van der Waals surface area contributed by atoms with E-state index < -0.39 is 5.91 Å². The Balaban J connectivity index is 1.52. The third kappa shape index (κ3) is 3.31. The highest BCUT2D eigenvalue weighted by molar-refractivity contribution is 5.94. The monoisotopic (exact) mass is 340 g/mol. The molecule has 1 amide bonds. The maximum absolute atomic E-state index is 11.8. The van der Waals surface area contributed by atoms with Gasteiger partial charge in [-0.2, -0.15) is 0 Å². The lowest BCUT2D eigenvalue weighted by atomic mass is 10.2. The Bertz CT molecular complexity index is 1090. The van der Waals surface area contributed by atoms with Crippen LogP contribution in [-0.2, 0) is 0 Å². The molecule has 0 aliphatic carbocycles. The maximum Gasteiger partial charge on any atom is 0.360 e. The number of para-hydroxylation sites is 2. The van der Waals surface area contributed by atoms with Crippen molar-refractivity contribution in [2.45, 2.75) is 0 Å². The van der Waals surface area contributed by atoms with E-state index >= 15 is 0 Å². The number of benzene rings is 3. The van der Waals surface area contributed by atoms with Crippen LogP contribution in [-0.4, -0.2) is 15.9 Å². The van der Waals surface area contributed by atoms with Gasteiger partial charge in [-0.25, -0.2) is 4.98 Å². The second-order valence-corrected chi connectivity index (χ2v) is 5.61. The fourth-order valence-corrected chi connectivity index (χ4v) is 2.53. The molecule has 124 valence electrons. The summed E-state index contributed by atoms with van der Waals surface area (Å²) < 4.78 is 0. The first-order valence-electron chi connectivity index (χ1n) is 8.06. The predicted octanol–water partition coefficient (Wildman–Crippen LogP) is 4.67. The van der Waals surface area contributed by atoms with Crippen LogP contribution in [0.4, 0.5) is 5.69 Å². The highest BCUT2D eigenvalue weighted by Crippen LogP contribution is 2.22. The molecule has 0 aliphatic heterocycles. The maximum atomic E-state index is 11.8. The van der Waals surface area contributed by atoms with Gasteiger partial charge in [0, 0.05) is 11.1 Å². The first kappa shape index (κ1) is 15.6. The summed E-state index contributed by atoms with van der Waals surface area (Å²) in [6, 6.07) is 24.0. The summed E-state index contributed by atoms with van der Waals surface area (Å²) in [7, 11) is 0. The van der Waals surface area contributed by atoms with E-state index in [-0.39, 0.29) is 0 Å². The molecule has 0 saturated heterocycles. The minimum absolute atomic E-state index is 0.423. The molecule has 4 aromatic rings. The lowest BCUT2D eigenvalue weighted by molar-refractivity contribution is 0.0992. The van der Waals surface area contributed by atoms with Crippen molar-refractivity contribution in [2.24, 2.45) is 10.2 Å². The fraction of sp³-hybridized carbons (Fsp3) is 0. The topological polar surface area (TPSA) is 84.6 Å². The molecule has 3 aromatic carbocycles. The van der Waals surface area contributed by atoms with Crippen molar-refractivity contribution in [3.8, 4) is 11.4 Å². The molecular formula is C20H14N5O+. The van der Waals surface area contributed by atoms with Gasteiger partial charge in [0.05, 0.1) is 11.0 Å². The van der Waals surface area contributed by atoms with E-state index in [0.717, 1.165) is 22.4 Å². The lowest BCUT2D eigenvalue weighted by Gasteiger charge is -1.94. The number of nitrogens with zero attached hydrogens (tertiary/aromatic N) is 4. The zero-order valence-corrected chi connectivity index (χ0v) is 13.7. The first-order valence-corrected chi connectivity index (χ1v) is 8.06. The molecule has 1 N–H and O–H groups in total. The zero-order chi connectivity index (χ0) is 17.8. The number of amides is 1. The zero-order valence-electron chi connectivity index (χ0n) is 13.7. The Hall–Kier alpha value is -3.89. The summed E-state index contributed by atoms with van der Waals surface area (Å²) in [5, 5.41) is 7.56. The summed E-state index contributed by atoms with van der Waals surface area (Å²) in [5.41, 5.74) is 3.94. The number of imidazole rings is 1. The molecule has 0 bridgehead atoms. The molecule has 0 spiro atoms. The third-order valence-corrected chi connectivity index (χ3v) is 3.85. The number of hydrogen-bond donors (Lipinski definition) is 1. The molecule has 1 heterocycles. The van der Waals surface area contributed by atoms with Crippen LogP contribution in [0, 0.1) is 0 Å². The number of hydrogen-bond acceptors (Lipinski definition) is 3. The van der Waals surface area contributed by atoms with Crippen molar-refractivity contribution < 1.29 is 4.79 Å². The molecule has 0 fully saturated rings. The molecule has 0 radical (unpaired) electrons. The van der Waals surface area contributed by atoms with Crippen LogP contribution in [0.25, 0.3) is 22.4 Å². The lowest BCUT2D eigenvalue weighted by Crippen LogP contribution is -1.93. The molecule has 0 atom stereocenters. The van der Waals surface area contributed by atoms with Crippen molar-refractivity contribution in [1.82, 2.24) is 14.9 Å². The Morgan fingerprint density at radius 1 is 0.885 bits per heavy atom. The largest absolute Gasteiger partial charge is 0.360 e. The fourth-order valence-electron chi connectivity index (χ4n) is 2.53. The van der Waals surface area contributed by atoms with Crippen LogP contribution in [0.15, 0.2) is 89.1 Å². The number of aromatic amines is 1. The number of carbonyl (C=O) groups is 1. The highest BCUT2D eigenvalue weighted by atomic mass is 16.1. The standard InChI is InChI=1S/C20H13N5O/c26-20(15-6-2-1-3-7-15)24-25-23-16-12-10-14(11-13-16)19-21-17-8-4-5-9-18(17)22-19/h1-13H/p+1. The van der Waals surface area contributed by atoms with Crippen molar-refractivity contribution in [2.75, 3.05) is 0 Å². The van der Waals surface area contributed by atoms with E-state index in [1.165, 1.54) is 0 Å². The van der Waals surface area contributed by atoms with Crippen LogP contribution < -0.4 is 4.91 Å². The summed E-state index contributed by atoms with van der Waals surface area (Å²) in [4.78, 5) is 23.3. The Labute approximate surface area is 149 Å². The Morgan fingerprint density at radius 3 is 2.38 bits per heavy atom. The summed E-state index contributed by atoms with van der Waals surface area (Å²) in [6.07, 6.45) is 0. The van der Waals surface area contributed by atoms with E-state index in [1.54, 1.807) is 36.4 Å². The predicted molar refractivity (Wildman–Crippen MR) is 99.0 cm³/mol. The van der Waals surface area contributed by atoms with E-state index in [4.69, 9.17) is 0 Å². The Kier molecular flexibility index (Phi) is 4.16. The molecule has 0 unspecified atom stereocenters. The normalized spacial score (nSPS) is 10.3. The smallest absolute Gasteiger partial charge is 0.338 e. The summed E-state index contributed by atoms with van der Waals surface area (Å²) in [6.45, 7) is 0. The molecule has 1 aromatic heterocycles. The van der Waals surface area contributed by atoms with Gasteiger partial charge in [-0.05, 0) is 48.5 Å². The van der Waals surface area contributed by atoms with Gasteiger partial charge in [0.15, 0.2) is 10.8 Å². The first-order chi connectivity index (χ1) is 12.8. The van der Waals surface area contributed by atoms with Crippen molar-refractivity contribution >= 4 is 22.6 Å². The van der Waals surface area contributed by atoms with Crippen LogP contribution in [0.5, 0.6) is 0 Å². The van der Waals surface area contributed by atoms with Gasteiger partial charge in [0.2, 0.25) is 10.0 Å². The third-order valence-electron chi connectivity index (χ3n) is 3.85. The number of carbonyl (C=O) groups excluding carboxylic acids is 1. The molecule has 0 saturated carbocycles. The van der Waals surface area contributed by atoms with Gasteiger partial charge in [-0.1, -0.05) is 30.3 Å². The molecule has 0 aliphatic rings. The second-order valence-electron chi connectivity index (χ2n) is 5.61. The van der Waals surface area contributed by atoms with Crippen molar-refractivity contribution in [1.29, 1.82) is 0 Å². The van der Waals surface area contributed by atoms with Gasteiger partial charge in [0.1, 0.15) is 5.82 Å². The van der Waals surface area contributed by atoms with Crippen molar-refractivity contribution in [3.63, 3.8) is 0 Å². The van der Waals surface area contributed by atoms with Gasteiger partial charge < -0.3 is 4.98 Å². The molecule has 6 heteroatoms. The van der Waals surface area contributed by atoms with Gasteiger partial charge in [0.25, 0.3) is 0 Å². The van der Waals surface area contributed by atoms with Gasteiger partial charge in [-0.3, -0.25) is 4.79 Å². The van der Waals surface area contributed by atoms with E-state index in [9.17, 15) is 4.79 Å². The summed E-state index contributed by atoms with van der Waals surface area (Å²) >= 11 is 0. The number of H-pyrrole nitrogens is 1. The van der Waals surface area contributed by atoms with Gasteiger partial charge >= 0.3 is 5.91 Å². The minimum atomic E-state index is -0.423. The van der Waals surface area contributed by atoms with Crippen LogP contribution in [0.2, 0.25) is 0 Å². The van der Waals surface area contributed by atoms with Gasteiger partial charge in [-0.15, -0.1) is 0 Å². The number of nitrogens with one attached hydrogen (secondary N) is 1. The van der Waals surface area contributed by atoms with Crippen LogP contribution in [0.1, 0.15) is 10.4 Å². The van der Waals surface area contributed by atoms with E-state index in [1.807, 2.05) is 42.5 Å². The second kappa shape index (κ2) is 6.93. The minimum Gasteiger partial charge on any atom is -0.338 e. The van der Waals surface area contributed by atoms with Crippen LogP contribution in [0.3, 0.4) is 0 Å². The molecule has 26 heavy (non-hydrogen) atoms. The van der Waals surface area contributed by atoms with E-state index in [2.05, 4.69) is 25.1 Å². The Morgan fingerprint density at radius 2 is 1.62 bits per heavy atom. The van der Waals surface area contributed by atoms with Crippen molar-refractivity contribution in [3.05, 3.63) is 84.4 Å². The number of aromatic nitrogens is 2. The highest BCUT2D eigenvalue weighted by Gasteiger charge is 2.09. The quantitative estimate of drug-likeness (QED) is 0.434.